The van der Waals surface area contributed by atoms with Crippen LogP contribution < -0.4 is 9.47 Å². The fraction of sp³-hybridized carbons (Fsp3) is 0.360. The van der Waals surface area contributed by atoms with Gasteiger partial charge in [0, 0.05) is 19.2 Å². The zero-order valence-corrected chi connectivity index (χ0v) is 19.4. The number of phenols is 1. The molecule has 1 aliphatic rings. The fourth-order valence-electron chi connectivity index (χ4n) is 3.74. The first-order valence-electron chi connectivity index (χ1n) is 10.8. The van der Waals surface area contributed by atoms with E-state index in [1.54, 1.807) is 30.3 Å². The number of amides is 1. The number of methoxy groups -OCH3 is 1. The van der Waals surface area contributed by atoms with Crippen LogP contribution in [0.25, 0.3) is 5.76 Å². The Kier molecular flexibility index (Phi) is 7.60. The first-order chi connectivity index (χ1) is 15.8. The highest BCUT2D eigenvalue weighted by Crippen LogP contribution is 2.41. The molecule has 0 aliphatic carbocycles. The summed E-state index contributed by atoms with van der Waals surface area (Å²) in [5, 5.41) is 21.6. The predicted octanol–water partition coefficient (Wildman–Crippen LogP) is 3.17. The third-order valence-electron chi connectivity index (χ3n) is 5.43. The maximum Gasteiger partial charge on any atom is 0.295 e. The van der Waals surface area contributed by atoms with Gasteiger partial charge in [-0.05, 0) is 50.3 Å². The number of hydrogen-bond donors (Lipinski definition) is 2. The number of Topliss-reactive ketones (excluding diaryl/α,β-unsaturated/α-hetero) is 1. The molecule has 1 saturated heterocycles. The molecule has 2 N–H and O–H groups in total. The highest BCUT2D eigenvalue weighted by molar-refractivity contribution is 6.46. The number of aliphatic hydroxyl groups is 1. The number of phenolic OH excluding ortho intramolecular Hbond substituents is 1. The van der Waals surface area contributed by atoms with E-state index < -0.39 is 23.5 Å². The summed E-state index contributed by atoms with van der Waals surface area (Å²) in [5.74, 6) is -1.19. The first-order valence-corrected chi connectivity index (χ1v) is 10.8. The molecule has 33 heavy (non-hydrogen) atoms. The van der Waals surface area contributed by atoms with Crippen LogP contribution in [0.4, 0.5) is 0 Å². The van der Waals surface area contributed by atoms with Gasteiger partial charge in [0.25, 0.3) is 11.7 Å². The van der Waals surface area contributed by atoms with Gasteiger partial charge < -0.3 is 29.5 Å². The van der Waals surface area contributed by atoms with Crippen molar-refractivity contribution in [2.45, 2.75) is 19.4 Å². The third-order valence-corrected chi connectivity index (χ3v) is 5.43. The van der Waals surface area contributed by atoms with Crippen LogP contribution in [0.5, 0.6) is 17.2 Å². The van der Waals surface area contributed by atoms with Crippen molar-refractivity contribution in [2.24, 2.45) is 0 Å². The summed E-state index contributed by atoms with van der Waals surface area (Å²) in [5.41, 5.74) is 0.604. The molecule has 1 unspecified atom stereocenters. The Morgan fingerprint density at radius 2 is 1.88 bits per heavy atom. The summed E-state index contributed by atoms with van der Waals surface area (Å²) in [6, 6.07) is 10.7. The molecule has 0 bridgehead atoms. The van der Waals surface area contributed by atoms with E-state index >= 15 is 0 Å². The minimum atomic E-state index is -0.823. The smallest absolute Gasteiger partial charge is 0.295 e. The van der Waals surface area contributed by atoms with Gasteiger partial charge in [0.2, 0.25) is 0 Å². The van der Waals surface area contributed by atoms with Crippen molar-refractivity contribution in [3.8, 4) is 17.2 Å². The van der Waals surface area contributed by atoms with E-state index in [0.717, 1.165) is 6.42 Å². The number of carbonyl (C=O) groups excluding carboxylic acids is 2. The van der Waals surface area contributed by atoms with Crippen LogP contribution in [0.1, 0.15) is 30.5 Å². The molecule has 3 rings (SSSR count). The van der Waals surface area contributed by atoms with E-state index in [1.807, 2.05) is 25.9 Å². The van der Waals surface area contributed by atoms with Gasteiger partial charge in [-0.3, -0.25) is 9.59 Å². The summed E-state index contributed by atoms with van der Waals surface area (Å²) in [6.45, 7) is 3.35. The van der Waals surface area contributed by atoms with E-state index in [2.05, 4.69) is 0 Å². The molecule has 1 atom stereocenters. The molecule has 1 fully saturated rings. The number of nitrogens with zero attached hydrogens (tertiary/aromatic N) is 2. The maximum absolute atomic E-state index is 13.1. The second-order valence-electron chi connectivity index (χ2n) is 8.10. The quantitative estimate of drug-likeness (QED) is 0.341. The summed E-state index contributed by atoms with van der Waals surface area (Å²) in [6.07, 6.45) is 0.836. The number of aliphatic hydroxyl groups excluding tert-OH is 1. The van der Waals surface area contributed by atoms with Crippen molar-refractivity contribution >= 4 is 17.4 Å². The van der Waals surface area contributed by atoms with Crippen LogP contribution in [0.2, 0.25) is 0 Å². The molecule has 0 radical (unpaired) electrons. The molecule has 2 aromatic carbocycles. The number of ketones is 1. The summed E-state index contributed by atoms with van der Waals surface area (Å²) in [4.78, 5) is 29.4. The van der Waals surface area contributed by atoms with Gasteiger partial charge in [0.1, 0.15) is 23.0 Å². The molecule has 0 saturated carbocycles. The van der Waals surface area contributed by atoms with E-state index in [1.165, 1.54) is 24.1 Å². The molecule has 176 valence electrons. The zero-order valence-electron chi connectivity index (χ0n) is 19.4. The van der Waals surface area contributed by atoms with Gasteiger partial charge >= 0.3 is 0 Å². The summed E-state index contributed by atoms with van der Waals surface area (Å²) >= 11 is 0. The first kappa shape index (κ1) is 24.1. The number of likely N-dealkylation sites (N-methyl/N-ethyl adjacent to an activating group) is 1. The third kappa shape index (κ3) is 5.12. The van der Waals surface area contributed by atoms with E-state index in [-0.39, 0.29) is 23.4 Å². The van der Waals surface area contributed by atoms with Crippen LogP contribution in [0.15, 0.2) is 48.0 Å². The highest BCUT2D eigenvalue weighted by Gasteiger charge is 2.46. The second-order valence-corrected chi connectivity index (χ2v) is 8.10. The Hall–Kier alpha value is -3.52. The van der Waals surface area contributed by atoms with E-state index in [9.17, 15) is 19.8 Å². The lowest BCUT2D eigenvalue weighted by molar-refractivity contribution is -0.140. The van der Waals surface area contributed by atoms with Gasteiger partial charge in [-0.1, -0.05) is 19.1 Å². The van der Waals surface area contributed by atoms with Crippen LogP contribution >= 0.6 is 0 Å². The standard InChI is InChI=1S/C25H30N2O6/c1-5-13-33-18-8-6-7-16(14-18)22-21(24(30)25(31)27(22)12-11-26(2)3)23(29)19-10-9-17(32-4)15-20(19)28/h6-10,14-15,22,28-29H,5,11-13H2,1-4H3/b23-21+. The van der Waals surface area contributed by atoms with E-state index in [0.29, 0.717) is 30.2 Å². The molecular formula is C25H30N2O6. The molecule has 1 aliphatic heterocycles. The van der Waals surface area contributed by atoms with Gasteiger partial charge in [-0.15, -0.1) is 0 Å². The lowest BCUT2D eigenvalue weighted by atomic mass is 9.94. The van der Waals surface area contributed by atoms with E-state index in [4.69, 9.17) is 9.47 Å². The van der Waals surface area contributed by atoms with Crippen molar-refractivity contribution in [3.05, 3.63) is 59.2 Å². The molecule has 1 amide bonds. The number of rotatable bonds is 9. The summed E-state index contributed by atoms with van der Waals surface area (Å²) < 4.78 is 10.8. The predicted molar refractivity (Wildman–Crippen MR) is 124 cm³/mol. The minimum absolute atomic E-state index is 0.0461. The number of hydrogen-bond acceptors (Lipinski definition) is 7. The molecular weight excluding hydrogens is 424 g/mol. The lowest BCUT2D eigenvalue weighted by Crippen LogP contribution is -2.35. The van der Waals surface area contributed by atoms with Gasteiger partial charge in [-0.25, -0.2) is 0 Å². The largest absolute Gasteiger partial charge is 0.507 e. The highest BCUT2D eigenvalue weighted by atomic mass is 16.5. The number of ether oxygens (including phenoxy) is 2. The lowest BCUT2D eigenvalue weighted by Gasteiger charge is -2.27. The van der Waals surface area contributed by atoms with Crippen LogP contribution in [0, 0.1) is 0 Å². The number of carbonyl (C=O) groups is 2. The van der Waals surface area contributed by atoms with Crippen LogP contribution in [0.3, 0.4) is 0 Å². The average molecular weight is 455 g/mol. The van der Waals surface area contributed by atoms with Crippen LogP contribution in [-0.2, 0) is 9.59 Å². The summed E-state index contributed by atoms with van der Waals surface area (Å²) in [7, 11) is 5.21. The number of aromatic hydroxyl groups is 1. The van der Waals surface area contributed by atoms with Crippen molar-refractivity contribution < 1.29 is 29.3 Å². The van der Waals surface area contributed by atoms with Gasteiger partial charge in [-0.2, -0.15) is 0 Å². The van der Waals surface area contributed by atoms with Crippen molar-refractivity contribution in [2.75, 3.05) is 40.9 Å². The van der Waals surface area contributed by atoms with Gasteiger partial charge in [0.05, 0.1) is 30.9 Å². The molecule has 0 spiro atoms. The molecule has 2 aromatic rings. The Bertz CT molecular complexity index is 1060. The second kappa shape index (κ2) is 10.4. The molecule has 1 heterocycles. The fourth-order valence-corrected chi connectivity index (χ4v) is 3.74. The Morgan fingerprint density at radius 1 is 1.12 bits per heavy atom. The number of likely N-dealkylation sites (tertiary alicyclic amines) is 1. The number of benzene rings is 2. The Morgan fingerprint density at radius 3 is 2.52 bits per heavy atom. The van der Waals surface area contributed by atoms with Crippen molar-refractivity contribution in [3.63, 3.8) is 0 Å². The Balaban J connectivity index is 2.15. The Labute approximate surface area is 193 Å². The topological polar surface area (TPSA) is 99.5 Å². The van der Waals surface area contributed by atoms with Gasteiger partial charge in [0.15, 0.2) is 0 Å². The maximum atomic E-state index is 13.1. The zero-order chi connectivity index (χ0) is 24.1. The van der Waals surface area contributed by atoms with Crippen LogP contribution in [-0.4, -0.2) is 72.6 Å². The molecule has 8 heteroatoms. The SMILES string of the molecule is CCCOc1cccc(C2/C(=C(\O)c3ccc(OC)cc3O)C(=O)C(=O)N2CCN(C)C)c1. The molecule has 8 nitrogen and oxygen atoms in total. The average Bonchev–Trinajstić information content (AvgIpc) is 3.05. The minimum Gasteiger partial charge on any atom is -0.507 e. The normalized spacial score (nSPS) is 17.6. The van der Waals surface area contributed by atoms with Crippen molar-refractivity contribution in [1.82, 2.24) is 9.80 Å². The molecule has 0 aromatic heterocycles. The monoisotopic (exact) mass is 454 g/mol. The van der Waals surface area contributed by atoms with Crippen molar-refractivity contribution in [1.29, 1.82) is 0 Å².